The predicted molar refractivity (Wildman–Crippen MR) is 142 cm³/mol. The molecule has 0 aliphatic rings. The molecule has 5 heteroatoms. The molecule has 0 aromatic heterocycles. The summed E-state index contributed by atoms with van der Waals surface area (Å²) >= 11 is 0. The number of halogens is 1. The third-order valence-electron chi connectivity index (χ3n) is 6.59. The van der Waals surface area contributed by atoms with Gasteiger partial charge in [-0.1, -0.05) is 149 Å². The molecule has 1 unspecified atom stereocenters. The lowest BCUT2D eigenvalue weighted by atomic mass is 10.0. The Morgan fingerprint density at radius 3 is 1.18 bits per heavy atom. The van der Waals surface area contributed by atoms with Crippen LogP contribution in [0.1, 0.15) is 168 Å². The van der Waals surface area contributed by atoms with E-state index in [4.69, 9.17) is 4.18 Å². The maximum atomic E-state index is 14.0. The van der Waals surface area contributed by atoms with Gasteiger partial charge >= 0.3 is 0 Å². The number of rotatable bonds is 27. The first-order chi connectivity index (χ1) is 16.0. The van der Waals surface area contributed by atoms with Gasteiger partial charge in [0.25, 0.3) is 10.1 Å². The van der Waals surface area contributed by atoms with Gasteiger partial charge in [-0.15, -0.1) is 0 Å². The van der Waals surface area contributed by atoms with E-state index >= 15 is 0 Å². The maximum absolute atomic E-state index is 14.0. The van der Waals surface area contributed by atoms with E-state index in [0.29, 0.717) is 12.8 Å². The van der Waals surface area contributed by atoms with Crippen molar-refractivity contribution in [1.82, 2.24) is 0 Å². The normalized spacial score (nSPS) is 12.9. The zero-order chi connectivity index (χ0) is 24.5. The molecule has 0 heterocycles. The largest absolute Gasteiger partial charge is 0.299 e. The van der Waals surface area contributed by atoms with Crippen LogP contribution in [0.2, 0.25) is 0 Å². The Kier molecular flexibility index (Phi) is 24.8. The summed E-state index contributed by atoms with van der Waals surface area (Å²) in [5.41, 5.74) is -1.87. The van der Waals surface area contributed by atoms with Crippen molar-refractivity contribution in [2.75, 3.05) is 6.61 Å². The van der Waals surface area contributed by atoms with Crippen LogP contribution in [0.5, 0.6) is 0 Å². The fourth-order valence-electron chi connectivity index (χ4n) is 4.31. The van der Waals surface area contributed by atoms with Gasteiger partial charge in [0.2, 0.25) is 5.50 Å². The average Bonchev–Trinajstić information content (AvgIpc) is 2.80. The molecule has 0 rings (SSSR count). The molecule has 1 atom stereocenters. The van der Waals surface area contributed by atoms with Crippen molar-refractivity contribution in [1.29, 1.82) is 0 Å². The second-order valence-corrected chi connectivity index (χ2v) is 11.7. The molecule has 0 spiro atoms. The molecule has 0 aliphatic heterocycles. The first-order valence-corrected chi connectivity index (χ1v) is 16.0. The van der Waals surface area contributed by atoms with Crippen LogP contribution in [-0.4, -0.2) is 20.5 Å². The topological polar surface area (TPSA) is 43.4 Å². The standard InChI is InChI=1S/C28H57FO3S/c1-3-5-7-9-11-13-14-15-16-17-18-19-21-23-25-27-32-33(30,31)28(29)26-24-22-20-12-10-8-6-4-2/h28H,3-27H2,1-2H3. The summed E-state index contributed by atoms with van der Waals surface area (Å²) in [6.07, 6.45) is 27.8. The maximum Gasteiger partial charge on any atom is 0.299 e. The van der Waals surface area contributed by atoms with Crippen LogP contribution in [0.25, 0.3) is 0 Å². The minimum atomic E-state index is -4.05. The predicted octanol–water partition coefficient (Wildman–Crippen LogP) is 10.0. The zero-order valence-corrected chi connectivity index (χ0v) is 23.1. The lowest BCUT2D eigenvalue weighted by Crippen LogP contribution is -2.19. The van der Waals surface area contributed by atoms with E-state index < -0.39 is 15.6 Å². The molecule has 0 fully saturated rings. The van der Waals surface area contributed by atoms with Crippen LogP contribution in [-0.2, 0) is 14.3 Å². The van der Waals surface area contributed by atoms with Gasteiger partial charge in [-0.05, 0) is 19.3 Å². The monoisotopic (exact) mass is 492 g/mol. The molecule has 0 aromatic rings. The fourth-order valence-corrected chi connectivity index (χ4v) is 5.26. The van der Waals surface area contributed by atoms with Gasteiger partial charge < -0.3 is 0 Å². The minimum absolute atomic E-state index is 0.0656. The van der Waals surface area contributed by atoms with Gasteiger partial charge in [-0.2, -0.15) is 8.42 Å². The summed E-state index contributed by atoms with van der Waals surface area (Å²) in [6.45, 7) is 4.58. The van der Waals surface area contributed by atoms with Crippen molar-refractivity contribution in [3.63, 3.8) is 0 Å². The van der Waals surface area contributed by atoms with Crippen LogP contribution in [0, 0.1) is 0 Å². The first-order valence-electron chi connectivity index (χ1n) is 14.6. The van der Waals surface area contributed by atoms with Gasteiger partial charge in [0.15, 0.2) is 0 Å². The Bertz CT molecular complexity index is 482. The van der Waals surface area contributed by atoms with E-state index in [-0.39, 0.29) is 13.0 Å². The third-order valence-corrected chi connectivity index (χ3v) is 7.95. The van der Waals surface area contributed by atoms with Gasteiger partial charge in [0.05, 0.1) is 6.61 Å². The van der Waals surface area contributed by atoms with Crippen LogP contribution in [0.4, 0.5) is 4.39 Å². The highest BCUT2D eigenvalue weighted by atomic mass is 32.2. The number of unbranched alkanes of at least 4 members (excludes halogenated alkanes) is 21. The minimum Gasteiger partial charge on any atom is -0.268 e. The Morgan fingerprint density at radius 2 is 0.818 bits per heavy atom. The molecule has 0 N–H and O–H groups in total. The highest BCUT2D eigenvalue weighted by molar-refractivity contribution is 7.87. The quantitative estimate of drug-likeness (QED) is 0.0846. The number of alkyl halides is 1. The molecule has 3 nitrogen and oxygen atoms in total. The Labute approximate surface area is 207 Å². The SMILES string of the molecule is CCCCCCCCCCCCCCCCCOS(=O)(=O)C(F)CCCCCCCCCC. The van der Waals surface area contributed by atoms with Crippen LogP contribution in [0.15, 0.2) is 0 Å². The Hall–Kier alpha value is -0.160. The third kappa shape index (κ3) is 23.4. The summed E-state index contributed by atoms with van der Waals surface area (Å²) < 4.78 is 42.8. The van der Waals surface area contributed by atoms with Crippen LogP contribution in [0.3, 0.4) is 0 Å². The van der Waals surface area contributed by atoms with E-state index in [9.17, 15) is 12.8 Å². The van der Waals surface area contributed by atoms with Crippen molar-refractivity contribution in [3.8, 4) is 0 Å². The molecule has 0 aromatic carbocycles. The lowest BCUT2D eigenvalue weighted by molar-refractivity contribution is 0.270. The molecule has 200 valence electrons. The van der Waals surface area contributed by atoms with Gasteiger partial charge in [0, 0.05) is 0 Å². The Morgan fingerprint density at radius 1 is 0.515 bits per heavy atom. The first kappa shape index (κ1) is 32.8. The molecule has 0 radical (unpaired) electrons. The molecule has 0 saturated heterocycles. The van der Waals surface area contributed by atoms with E-state index in [1.54, 1.807) is 0 Å². The summed E-state index contributed by atoms with van der Waals surface area (Å²) in [5.74, 6) is 0. The Balaban J connectivity index is 3.42. The summed E-state index contributed by atoms with van der Waals surface area (Å²) in [4.78, 5) is 0. The molecular weight excluding hydrogens is 435 g/mol. The van der Waals surface area contributed by atoms with Crippen molar-refractivity contribution in [2.24, 2.45) is 0 Å². The van der Waals surface area contributed by atoms with E-state index in [1.807, 2.05) is 0 Å². The van der Waals surface area contributed by atoms with Crippen molar-refractivity contribution >= 4 is 10.1 Å². The molecule has 0 bridgehead atoms. The van der Waals surface area contributed by atoms with Crippen LogP contribution >= 0.6 is 0 Å². The highest BCUT2D eigenvalue weighted by Gasteiger charge is 2.25. The summed E-state index contributed by atoms with van der Waals surface area (Å²) in [5, 5.41) is 0. The average molecular weight is 493 g/mol. The second kappa shape index (κ2) is 24.9. The van der Waals surface area contributed by atoms with E-state index in [0.717, 1.165) is 25.7 Å². The smallest absolute Gasteiger partial charge is 0.268 e. The van der Waals surface area contributed by atoms with Gasteiger partial charge in [-0.3, -0.25) is 4.18 Å². The molecule has 33 heavy (non-hydrogen) atoms. The fraction of sp³-hybridized carbons (Fsp3) is 1.00. The van der Waals surface area contributed by atoms with E-state index in [2.05, 4.69) is 13.8 Å². The van der Waals surface area contributed by atoms with E-state index in [1.165, 1.54) is 109 Å². The van der Waals surface area contributed by atoms with Crippen molar-refractivity contribution in [2.45, 2.75) is 173 Å². The second-order valence-electron chi connectivity index (χ2n) is 9.94. The lowest BCUT2D eigenvalue weighted by Gasteiger charge is -2.10. The van der Waals surface area contributed by atoms with Gasteiger partial charge in [-0.25, -0.2) is 4.39 Å². The molecular formula is C28H57FO3S. The van der Waals surface area contributed by atoms with Gasteiger partial charge in [0.1, 0.15) is 0 Å². The zero-order valence-electron chi connectivity index (χ0n) is 22.3. The number of hydrogen-bond donors (Lipinski definition) is 0. The summed E-state index contributed by atoms with van der Waals surface area (Å²) in [6, 6.07) is 0. The number of hydrogen-bond acceptors (Lipinski definition) is 3. The van der Waals surface area contributed by atoms with Crippen LogP contribution < -0.4 is 0 Å². The molecule has 0 saturated carbocycles. The molecule has 0 aliphatic carbocycles. The highest BCUT2D eigenvalue weighted by Crippen LogP contribution is 2.17. The van der Waals surface area contributed by atoms with Crippen molar-refractivity contribution in [3.05, 3.63) is 0 Å². The summed E-state index contributed by atoms with van der Waals surface area (Å²) in [7, 11) is -4.05. The molecule has 0 amide bonds. The van der Waals surface area contributed by atoms with Crippen molar-refractivity contribution < 1.29 is 17.0 Å².